The molecule has 148 valence electrons. The van der Waals surface area contributed by atoms with Crippen LogP contribution in [0.1, 0.15) is 84.3 Å². The summed E-state index contributed by atoms with van der Waals surface area (Å²) in [6, 6.07) is 8.54. The van der Waals surface area contributed by atoms with E-state index in [1.165, 1.54) is 36.8 Å². The topological polar surface area (TPSA) is 37.3 Å². The maximum atomic E-state index is 10.5. The molecule has 0 saturated heterocycles. The molecule has 26 heavy (non-hydrogen) atoms. The van der Waals surface area contributed by atoms with Crippen LogP contribution in [0.15, 0.2) is 24.3 Å². The normalized spacial score (nSPS) is 22.5. The number of carbonyl (C=O) groups excluding carboxylic acids is 1. The number of benzene rings is 1. The van der Waals surface area contributed by atoms with E-state index in [-0.39, 0.29) is 12.0 Å². The van der Waals surface area contributed by atoms with Crippen LogP contribution in [-0.4, -0.2) is 17.5 Å². The summed E-state index contributed by atoms with van der Waals surface area (Å²) in [5.41, 5.74) is 2.60. The number of carbonyl (C=O) groups is 1. The number of hydrogen-bond donors (Lipinski definition) is 1. The summed E-state index contributed by atoms with van der Waals surface area (Å²) in [5.74, 6) is 3.03. The van der Waals surface area contributed by atoms with Crippen molar-refractivity contribution in [3.8, 4) is 0 Å². The molecule has 1 aliphatic rings. The zero-order valence-corrected chi connectivity index (χ0v) is 17.7. The summed E-state index contributed by atoms with van der Waals surface area (Å²) in [6.45, 7) is 12.9. The lowest BCUT2D eigenvalue weighted by Crippen LogP contribution is -2.25. The molecule has 1 saturated carbocycles. The fraction of sp³-hybridized carbons (Fsp3) is 0.708. The number of aliphatic hydroxyl groups excluding tert-OH is 1. The molecule has 0 bridgehead atoms. The highest BCUT2D eigenvalue weighted by molar-refractivity contribution is 5.53. The quantitative estimate of drug-likeness (QED) is 0.630. The Morgan fingerprint density at radius 3 is 1.81 bits per heavy atom. The van der Waals surface area contributed by atoms with Crippen LogP contribution in [0.2, 0.25) is 0 Å². The Kier molecular flexibility index (Phi) is 10.2. The molecule has 2 unspecified atom stereocenters. The van der Waals surface area contributed by atoms with Gasteiger partial charge in [0.05, 0.1) is 6.10 Å². The van der Waals surface area contributed by atoms with Crippen LogP contribution in [-0.2, 0) is 11.2 Å². The van der Waals surface area contributed by atoms with Gasteiger partial charge in [0.15, 0.2) is 0 Å². The van der Waals surface area contributed by atoms with E-state index in [4.69, 9.17) is 0 Å². The average molecular weight is 361 g/mol. The van der Waals surface area contributed by atoms with E-state index in [0.717, 1.165) is 24.5 Å². The largest absolute Gasteiger partial charge is 0.393 e. The molecule has 2 heteroatoms. The van der Waals surface area contributed by atoms with Crippen LogP contribution in [0, 0.1) is 23.7 Å². The number of hydrogen-bond acceptors (Lipinski definition) is 2. The van der Waals surface area contributed by atoms with E-state index >= 15 is 0 Å². The average Bonchev–Trinajstić information content (AvgIpc) is 2.62. The van der Waals surface area contributed by atoms with Gasteiger partial charge >= 0.3 is 0 Å². The van der Waals surface area contributed by atoms with Gasteiger partial charge in [-0.2, -0.15) is 0 Å². The smallest absolute Gasteiger partial charge is 0.123 e. The Labute approximate surface area is 161 Å². The van der Waals surface area contributed by atoms with E-state index in [1.54, 1.807) is 0 Å². The summed E-state index contributed by atoms with van der Waals surface area (Å²) in [6.07, 6.45) is 6.90. The SMILES string of the molecule is CC(C)C1CCC(C(C)O)CC1.CC(C=O)Cc1ccc(C(C)C)cc1. The molecule has 1 aliphatic carbocycles. The van der Waals surface area contributed by atoms with Gasteiger partial charge in [-0.05, 0) is 73.8 Å². The highest BCUT2D eigenvalue weighted by Gasteiger charge is 2.25. The highest BCUT2D eigenvalue weighted by atomic mass is 16.3. The molecule has 0 amide bonds. The van der Waals surface area contributed by atoms with Crippen molar-refractivity contribution in [2.45, 2.75) is 85.7 Å². The minimum atomic E-state index is -0.0851. The minimum Gasteiger partial charge on any atom is -0.393 e. The summed E-state index contributed by atoms with van der Waals surface area (Å²) in [7, 11) is 0. The Bertz CT molecular complexity index is 477. The second-order valence-electron chi connectivity index (χ2n) is 8.87. The van der Waals surface area contributed by atoms with E-state index in [0.29, 0.717) is 11.8 Å². The van der Waals surface area contributed by atoms with Crippen LogP contribution >= 0.6 is 0 Å². The molecule has 1 aromatic rings. The molecule has 0 spiro atoms. The van der Waals surface area contributed by atoms with Crippen molar-refractivity contribution in [3.63, 3.8) is 0 Å². The molecule has 0 heterocycles. The van der Waals surface area contributed by atoms with Gasteiger partial charge in [0, 0.05) is 5.92 Å². The van der Waals surface area contributed by atoms with Gasteiger partial charge in [-0.15, -0.1) is 0 Å². The third-order valence-electron chi connectivity index (χ3n) is 5.88. The van der Waals surface area contributed by atoms with E-state index < -0.39 is 0 Å². The van der Waals surface area contributed by atoms with Crippen molar-refractivity contribution < 1.29 is 9.90 Å². The van der Waals surface area contributed by atoms with Crippen LogP contribution in [0.25, 0.3) is 0 Å². The van der Waals surface area contributed by atoms with Crippen molar-refractivity contribution in [1.82, 2.24) is 0 Å². The first-order valence-corrected chi connectivity index (χ1v) is 10.5. The third kappa shape index (κ3) is 8.03. The van der Waals surface area contributed by atoms with Crippen molar-refractivity contribution in [2.75, 3.05) is 0 Å². The molecule has 2 rings (SSSR count). The zero-order chi connectivity index (χ0) is 19.7. The standard InChI is InChI=1S/C13H18O.C11H22O/c1-10(2)13-6-4-12(5-7-13)8-11(3)9-14;1-8(2)10-4-6-11(7-5-10)9(3)12/h4-7,9-11H,8H2,1-3H3;8-12H,4-7H2,1-3H3. The maximum Gasteiger partial charge on any atom is 0.123 e. The number of rotatable bonds is 6. The predicted octanol–water partition coefficient (Wildman–Crippen LogP) is 6.02. The Morgan fingerprint density at radius 1 is 0.923 bits per heavy atom. The first-order chi connectivity index (χ1) is 12.2. The van der Waals surface area contributed by atoms with Crippen molar-refractivity contribution in [1.29, 1.82) is 0 Å². The van der Waals surface area contributed by atoms with Gasteiger partial charge in [0.25, 0.3) is 0 Å². The van der Waals surface area contributed by atoms with E-state index in [1.807, 2.05) is 13.8 Å². The monoisotopic (exact) mass is 360 g/mol. The van der Waals surface area contributed by atoms with Crippen LogP contribution in [0.5, 0.6) is 0 Å². The van der Waals surface area contributed by atoms with Gasteiger partial charge in [-0.25, -0.2) is 0 Å². The second kappa shape index (κ2) is 11.5. The lowest BCUT2D eigenvalue weighted by molar-refractivity contribution is -0.110. The zero-order valence-electron chi connectivity index (χ0n) is 17.7. The second-order valence-corrected chi connectivity index (χ2v) is 8.87. The molecule has 0 aliphatic heterocycles. The third-order valence-corrected chi connectivity index (χ3v) is 5.88. The molecule has 1 aromatic carbocycles. The van der Waals surface area contributed by atoms with Crippen LogP contribution in [0.3, 0.4) is 0 Å². The molecule has 2 nitrogen and oxygen atoms in total. The molecular formula is C24H40O2. The molecule has 1 fully saturated rings. The fourth-order valence-corrected chi connectivity index (χ4v) is 3.75. The van der Waals surface area contributed by atoms with Gasteiger partial charge in [-0.1, -0.05) is 58.9 Å². The summed E-state index contributed by atoms with van der Waals surface area (Å²) >= 11 is 0. The van der Waals surface area contributed by atoms with Crippen molar-refractivity contribution >= 4 is 6.29 Å². The Balaban J connectivity index is 0.000000263. The van der Waals surface area contributed by atoms with Crippen molar-refractivity contribution in [2.24, 2.45) is 23.7 Å². The minimum absolute atomic E-state index is 0.0851. The number of aliphatic hydroxyl groups is 1. The van der Waals surface area contributed by atoms with E-state index in [9.17, 15) is 9.90 Å². The Hall–Kier alpha value is -1.15. The number of aldehydes is 1. The van der Waals surface area contributed by atoms with Gasteiger partial charge in [-0.3, -0.25) is 0 Å². The fourth-order valence-electron chi connectivity index (χ4n) is 3.75. The van der Waals surface area contributed by atoms with Gasteiger partial charge < -0.3 is 9.90 Å². The highest BCUT2D eigenvalue weighted by Crippen LogP contribution is 2.34. The lowest BCUT2D eigenvalue weighted by atomic mass is 9.75. The van der Waals surface area contributed by atoms with E-state index in [2.05, 4.69) is 52.0 Å². The molecule has 0 aromatic heterocycles. The molecule has 0 radical (unpaired) electrons. The summed E-state index contributed by atoms with van der Waals surface area (Å²) in [4.78, 5) is 10.5. The van der Waals surface area contributed by atoms with Gasteiger partial charge in [0.1, 0.15) is 6.29 Å². The predicted molar refractivity (Wildman–Crippen MR) is 111 cm³/mol. The first-order valence-electron chi connectivity index (χ1n) is 10.5. The first kappa shape index (κ1) is 22.9. The maximum absolute atomic E-state index is 10.5. The molecule has 2 atom stereocenters. The summed E-state index contributed by atoms with van der Waals surface area (Å²) < 4.78 is 0. The van der Waals surface area contributed by atoms with Gasteiger partial charge in [0.2, 0.25) is 0 Å². The molecule has 1 N–H and O–H groups in total. The van der Waals surface area contributed by atoms with Crippen LogP contribution < -0.4 is 0 Å². The lowest BCUT2D eigenvalue weighted by Gasteiger charge is -2.32. The van der Waals surface area contributed by atoms with Crippen LogP contribution in [0.4, 0.5) is 0 Å². The van der Waals surface area contributed by atoms with Crippen molar-refractivity contribution in [3.05, 3.63) is 35.4 Å². The summed E-state index contributed by atoms with van der Waals surface area (Å²) in [5, 5.41) is 9.40. The Morgan fingerprint density at radius 2 is 1.42 bits per heavy atom. The molecular weight excluding hydrogens is 320 g/mol.